The second-order valence-corrected chi connectivity index (χ2v) is 4.53. The number of H-pyrrole nitrogens is 1. The van der Waals surface area contributed by atoms with Crippen molar-refractivity contribution >= 4 is 11.8 Å². The van der Waals surface area contributed by atoms with Crippen molar-refractivity contribution in [1.82, 2.24) is 9.97 Å². The monoisotopic (exact) mass is 250 g/mol. The van der Waals surface area contributed by atoms with Gasteiger partial charge >= 0.3 is 6.18 Å². The van der Waals surface area contributed by atoms with Gasteiger partial charge in [0.05, 0.1) is 12.1 Å². The zero-order valence-corrected chi connectivity index (χ0v) is 9.04. The first kappa shape index (κ1) is 11.5. The average Bonchev–Trinajstić information content (AvgIpc) is 2.62. The standard InChI is InChI=1S/C9H9F3N2OS/c10-9(11,12)2-1-7-13-6-4-16-3-5(6)8(15)14-7/h1-4H2,(H,13,14,15). The van der Waals surface area contributed by atoms with Crippen LogP contribution in [0.25, 0.3) is 0 Å². The van der Waals surface area contributed by atoms with Crippen LogP contribution in [0.4, 0.5) is 13.2 Å². The fourth-order valence-corrected chi connectivity index (χ4v) is 2.53. The molecular formula is C9H9F3N2OS. The van der Waals surface area contributed by atoms with E-state index in [-0.39, 0.29) is 17.8 Å². The molecule has 0 radical (unpaired) electrons. The van der Waals surface area contributed by atoms with Crippen molar-refractivity contribution in [2.24, 2.45) is 0 Å². The third kappa shape index (κ3) is 2.58. The van der Waals surface area contributed by atoms with E-state index in [1.165, 1.54) is 0 Å². The predicted molar refractivity (Wildman–Crippen MR) is 54.2 cm³/mol. The van der Waals surface area contributed by atoms with Gasteiger partial charge in [0.1, 0.15) is 5.82 Å². The molecule has 16 heavy (non-hydrogen) atoms. The summed E-state index contributed by atoms with van der Waals surface area (Å²) < 4.78 is 36.0. The van der Waals surface area contributed by atoms with Gasteiger partial charge in [0.25, 0.3) is 5.56 Å². The Bertz CT molecular complexity index is 455. The topological polar surface area (TPSA) is 45.8 Å². The summed E-state index contributed by atoms with van der Waals surface area (Å²) in [5, 5.41) is 0. The molecule has 7 heteroatoms. The van der Waals surface area contributed by atoms with Gasteiger partial charge in [0.15, 0.2) is 0 Å². The maximum atomic E-state index is 12.0. The molecule has 0 saturated carbocycles. The maximum absolute atomic E-state index is 12.0. The first-order valence-electron chi connectivity index (χ1n) is 4.71. The van der Waals surface area contributed by atoms with E-state index in [1.807, 2.05) is 0 Å². The third-order valence-corrected chi connectivity index (χ3v) is 3.25. The van der Waals surface area contributed by atoms with Crippen molar-refractivity contribution < 1.29 is 13.2 Å². The highest BCUT2D eigenvalue weighted by Gasteiger charge is 2.27. The number of halogens is 3. The average molecular weight is 250 g/mol. The molecule has 3 nitrogen and oxygen atoms in total. The first-order chi connectivity index (χ1) is 7.46. The van der Waals surface area contributed by atoms with Crippen molar-refractivity contribution in [3.8, 4) is 0 Å². The Hall–Kier alpha value is -0.980. The summed E-state index contributed by atoms with van der Waals surface area (Å²) >= 11 is 1.54. The van der Waals surface area contributed by atoms with Crippen LogP contribution in [0.1, 0.15) is 23.5 Å². The largest absolute Gasteiger partial charge is 0.389 e. The third-order valence-electron chi connectivity index (χ3n) is 2.28. The smallest absolute Gasteiger partial charge is 0.310 e. The molecule has 1 N–H and O–H groups in total. The van der Waals surface area contributed by atoms with Gasteiger partial charge in [0.2, 0.25) is 0 Å². The van der Waals surface area contributed by atoms with E-state index in [1.54, 1.807) is 11.8 Å². The number of aromatic amines is 1. The molecule has 0 amide bonds. The van der Waals surface area contributed by atoms with Crippen molar-refractivity contribution in [1.29, 1.82) is 0 Å². The summed E-state index contributed by atoms with van der Waals surface area (Å²) in [6.07, 6.45) is -5.44. The molecular weight excluding hydrogens is 241 g/mol. The lowest BCUT2D eigenvalue weighted by atomic mass is 10.2. The number of fused-ring (bicyclic) bond motifs is 1. The van der Waals surface area contributed by atoms with E-state index >= 15 is 0 Å². The van der Waals surface area contributed by atoms with Crippen LogP contribution < -0.4 is 5.56 Å². The van der Waals surface area contributed by atoms with Gasteiger partial charge in [-0.15, -0.1) is 0 Å². The number of thioether (sulfide) groups is 1. The highest BCUT2D eigenvalue weighted by Crippen LogP contribution is 2.26. The Kier molecular flexibility index (Phi) is 2.96. The maximum Gasteiger partial charge on any atom is 0.389 e. The van der Waals surface area contributed by atoms with E-state index in [2.05, 4.69) is 9.97 Å². The summed E-state index contributed by atoms with van der Waals surface area (Å²) in [5.41, 5.74) is 0.929. The van der Waals surface area contributed by atoms with E-state index in [9.17, 15) is 18.0 Å². The lowest BCUT2D eigenvalue weighted by molar-refractivity contribution is -0.134. The number of alkyl halides is 3. The first-order valence-corrected chi connectivity index (χ1v) is 5.86. The lowest BCUT2D eigenvalue weighted by Crippen LogP contribution is -2.18. The zero-order valence-electron chi connectivity index (χ0n) is 8.23. The highest BCUT2D eigenvalue weighted by atomic mass is 32.2. The summed E-state index contributed by atoms with van der Waals surface area (Å²) in [5.74, 6) is 1.33. The Morgan fingerprint density at radius 2 is 2.12 bits per heavy atom. The van der Waals surface area contributed by atoms with Crippen molar-refractivity contribution in [3.63, 3.8) is 0 Å². The Balaban J connectivity index is 2.18. The zero-order chi connectivity index (χ0) is 11.8. The van der Waals surface area contributed by atoms with E-state index < -0.39 is 12.6 Å². The molecule has 0 saturated heterocycles. The second-order valence-electron chi connectivity index (χ2n) is 3.55. The Morgan fingerprint density at radius 1 is 1.38 bits per heavy atom. The molecule has 0 spiro atoms. The Morgan fingerprint density at radius 3 is 2.81 bits per heavy atom. The fraction of sp³-hybridized carbons (Fsp3) is 0.556. The van der Waals surface area contributed by atoms with Crippen molar-refractivity contribution in [3.05, 3.63) is 27.4 Å². The Labute approximate surface area is 93.5 Å². The van der Waals surface area contributed by atoms with Gasteiger partial charge in [-0.3, -0.25) is 4.79 Å². The van der Waals surface area contributed by atoms with Crippen LogP contribution in [0, 0.1) is 0 Å². The normalized spacial score (nSPS) is 15.2. The van der Waals surface area contributed by atoms with Gasteiger partial charge < -0.3 is 4.98 Å². The number of hydrogen-bond donors (Lipinski definition) is 1. The van der Waals surface area contributed by atoms with Gasteiger partial charge in [-0.05, 0) is 0 Å². The summed E-state index contributed by atoms with van der Waals surface area (Å²) in [6.45, 7) is 0. The molecule has 2 rings (SSSR count). The number of rotatable bonds is 2. The molecule has 0 aromatic carbocycles. The van der Waals surface area contributed by atoms with Crippen molar-refractivity contribution in [2.45, 2.75) is 30.5 Å². The van der Waals surface area contributed by atoms with E-state index in [0.29, 0.717) is 22.8 Å². The quantitative estimate of drug-likeness (QED) is 0.873. The number of aryl methyl sites for hydroxylation is 1. The molecule has 1 aliphatic heterocycles. The second kappa shape index (κ2) is 4.12. The van der Waals surface area contributed by atoms with Crippen LogP contribution in [-0.4, -0.2) is 16.1 Å². The molecule has 1 aromatic heterocycles. The molecule has 0 atom stereocenters. The van der Waals surface area contributed by atoms with Gasteiger partial charge in [-0.2, -0.15) is 24.9 Å². The minimum atomic E-state index is -4.22. The van der Waals surface area contributed by atoms with Crippen molar-refractivity contribution in [2.75, 3.05) is 0 Å². The van der Waals surface area contributed by atoms with Crippen LogP contribution in [0.3, 0.4) is 0 Å². The lowest BCUT2D eigenvalue weighted by Gasteiger charge is -2.06. The summed E-state index contributed by atoms with van der Waals surface area (Å²) in [4.78, 5) is 17.9. The van der Waals surface area contributed by atoms with Crippen LogP contribution in [0.15, 0.2) is 4.79 Å². The molecule has 0 unspecified atom stereocenters. The van der Waals surface area contributed by atoms with Crippen LogP contribution >= 0.6 is 11.8 Å². The molecule has 1 aliphatic rings. The molecule has 1 aromatic rings. The minimum Gasteiger partial charge on any atom is -0.310 e. The predicted octanol–water partition coefficient (Wildman–Crippen LogP) is 2.01. The van der Waals surface area contributed by atoms with Crippen LogP contribution in [-0.2, 0) is 17.9 Å². The highest BCUT2D eigenvalue weighted by molar-refractivity contribution is 7.98. The van der Waals surface area contributed by atoms with E-state index in [0.717, 1.165) is 0 Å². The van der Waals surface area contributed by atoms with Gasteiger partial charge in [-0.25, -0.2) is 4.98 Å². The van der Waals surface area contributed by atoms with E-state index in [4.69, 9.17) is 0 Å². The molecule has 0 bridgehead atoms. The molecule has 0 aliphatic carbocycles. The fourth-order valence-electron chi connectivity index (χ4n) is 1.49. The number of hydrogen-bond acceptors (Lipinski definition) is 3. The number of aromatic nitrogens is 2. The minimum absolute atomic E-state index is 0.128. The van der Waals surface area contributed by atoms with Crippen LogP contribution in [0.2, 0.25) is 0 Å². The SMILES string of the molecule is O=c1[nH]c(CCC(F)(F)F)nc2c1CSC2. The van der Waals surface area contributed by atoms with Gasteiger partial charge in [0, 0.05) is 23.5 Å². The molecule has 88 valence electrons. The molecule has 0 fully saturated rings. The molecule has 2 heterocycles. The number of nitrogens with one attached hydrogen (secondary N) is 1. The summed E-state index contributed by atoms with van der Waals surface area (Å²) in [6, 6.07) is 0. The number of nitrogens with zero attached hydrogens (tertiary/aromatic N) is 1. The summed E-state index contributed by atoms with van der Waals surface area (Å²) in [7, 11) is 0. The van der Waals surface area contributed by atoms with Gasteiger partial charge in [-0.1, -0.05) is 0 Å². The van der Waals surface area contributed by atoms with Crippen LogP contribution in [0.5, 0.6) is 0 Å².